The van der Waals surface area contributed by atoms with Crippen LogP contribution in [0.1, 0.15) is 41.6 Å². The molecule has 0 saturated heterocycles. The Labute approximate surface area is 175 Å². The molecule has 156 valence electrons. The average Bonchev–Trinajstić information content (AvgIpc) is 3.16. The molecule has 2 N–H and O–H groups in total. The number of aromatic nitrogens is 2. The number of nitrogens with one attached hydrogen (secondary N) is 2. The van der Waals surface area contributed by atoms with Gasteiger partial charge in [0.15, 0.2) is 0 Å². The van der Waals surface area contributed by atoms with Gasteiger partial charge in [-0.15, -0.1) is 0 Å². The van der Waals surface area contributed by atoms with Crippen LogP contribution in [0.25, 0.3) is 0 Å². The highest BCUT2D eigenvalue weighted by Gasteiger charge is 2.29. The van der Waals surface area contributed by atoms with Crippen LogP contribution in [0.3, 0.4) is 0 Å². The normalized spacial score (nSPS) is 13.0. The Morgan fingerprint density at radius 3 is 2.23 bits per heavy atom. The zero-order chi connectivity index (χ0) is 21.7. The van der Waals surface area contributed by atoms with Crippen LogP contribution in [0, 0.1) is 11.7 Å². The van der Waals surface area contributed by atoms with Crippen molar-refractivity contribution in [2.24, 2.45) is 13.0 Å². The van der Waals surface area contributed by atoms with Crippen LogP contribution in [0.5, 0.6) is 0 Å². The summed E-state index contributed by atoms with van der Waals surface area (Å²) in [5.41, 5.74) is 1.17. The average molecular weight is 408 g/mol. The van der Waals surface area contributed by atoms with Gasteiger partial charge in [-0.3, -0.25) is 9.59 Å². The third-order valence-electron chi connectivity index (χ3n) is 4.88. The Hall–Kier alpha value is -3.48. The first kappa shape index (κ1) is 21.2. The molecule has 0 aliphatic carbocycles. The molecule has 7 heteroatoms. The number of carbonyl (C=O) groups is 2. The minimum absolute atomic E-state index is 0.145. The first-order valence-electron chi connectivity index (χ1n) is 9.75. The Morgan fingerprint density at radius 2 is 1.67 bits per heavy atom. The van der Waals surface area contributed by atoms with Gasteiger partial charge in [0.05, 0.1) is 0 Å². The lowest BCUT2D eigenvalue weighted by Crippen LogP contribution is -2.50. The molecule has 2 aromatic carbocycles. The highest BCUT2D eigenvalue weighted by atomic mass is 19.1. The topological polar surface area (TPSA) is 76.0 Å². The lowest BCUT2D eigenvalue weighted by molar-refractivity contribution is -0.124. The van der Waals surface area contributed by atoms with Gasteiger partial charge < -0.3 is 15.2 Å². The lowest BCUT2D eigenvalue weighted by Gasteiger charge is -2.26. The smallest absolute Gasteiger partial charge is 0.251 e. The number of hydrogen-bond acceptors (Lipinski definition) is 3. The molecular weight excluding hydrogens is 383 g/mol. The molecule has 0 unspecified atom stereocenters. The van der Waals surface area contributed by atoms with E-state index < -0.39 is 12.1 Å². The molecule has 0 radical (unpaired) electrons. The molecule has 2 atom stereocenters. The second-order valence-electron chi connectivity index (χ2n) is 7.45. The van der Waals surface area contributed by atoms with E-state index >= 15 is 0 Å². The first-order chi connectivity index (χ1) is 14.4. The van der Waals surface area contributed by atoms with Gasteiger partial charge in [-0.25, -0.2) is 9.37 Å². The standard InChI is InChI=1S/C23H25FN4O2/c1-15(2)19(26-22(29)17-7-5-4-6-8-17)23(30)27-20(21-25-13-14-28(21)3)16-9-11-18(24)12-10-16/h4-15,19-20H,1-3H3,(H,26,29)(H,27,30)/t19-,20+/m0/s1. The molecule has 0 bridgehead atoms. The van der Waals surface area contributed by atoms with E-state index in [4.69, 9.17) is 0 Å². The predicted octanol–water partition coefficient (Wildman–Crippen LogP) is 3.22. The zero-order valence-corrected chi connectivity index (χ0v) is 17.2. The van der Waals surface area contributed by atoms with Gasteiger partial charge in [0.1, 0.15) is 23.7 Å². The van der Waals surface area contributed by atoms with Crippen molar-refractivity contribution < 1.29 is 14.0 Å². The fourth-order valence-corrected chi connectivity index (χ4v) is 3.19. The van der Waals surface area contributed by atoms with Crippen molar-refractivity contribution >= 4 is 11.8 Å². The summed E-state index contributed by atoms with van der Waals surface area (Å²) < 4.78 is 15.2. The number of amides is 2. The maximum Gasteiger partial charge on any atom is 0.251 e. The summed E-state index contributed by atoms with van der Waals surface area (Å²) in [6, 6.07) is 13.3. The SMILES string of the molecule is CC(C)[C@H](NC(=O)c1ccccc1)C(=O)N[C@H](c1ccc(F)cc1)c1nccn1C. The van der Waals surface area contributed by atoms with E-state index in [9.17, 15) is 14.0 Å². The second kappa shape index (κ2) is 9.35. The van der Waals surface area contributed by atoms with Crippen LogP contribution in [-0.4, -0.2) is 27.4 Å². The van der Waals surface area contributed by atoms with Crippen molar-refractivity contribution in [3.8, 4) is 0 Å². The summed E-state index contributed by atoms with van der Waals surface area (Å²) in [6.45, 7) is 3.73. The van der Waals surface area contributed by atoms with E-state index in [0.717, 1.165) is 0 Å². The Morgan fingerprint density at radius 1 is 1.00 bits per heavy atom. The number of benzene rings is 2. The molecule has 2 amide bonds. The third-order valence-corrected chi connectivity index (χ3v) is 4.88. The number of halogens is 1. The summed E-state index contributed by atoms with van der Waals surface area (Å²) in [6.07, 6.45) is 3.41. The summed E-state index contributed by atoms with van der Waals surface area (Å²) in [5.74, 6) is -0.565. The Bertz CT molecular complexity index is 1000. The summed E-state index contributed by atoms with van der Waals surface area (Å²) in [5, 5.41) is 5.79. The van der Waals surface area contributed by atoms with Gasteiger partial charge in [-0.05, 0) is 35.7 Å². The molecule has 0 spiro atoms. The minimum atomic E-state index is -0.749. The van der Waals surface area contributed by atoms with Crippen LogP contribution in [0.15, 0.2) is 67.0 Å². The van der Waals surface area contributed by atoms with Gasteiger partial charge in [-0.1, -0.05) is 44.2 Å². The molecule has 3 rings (SSSR count). The van der Waals surface area contributed by atoms with Crippen molar-refractivity contribution in [1.29, 1.82) is 0 Å². The van der Waals surface area contributed by atoms with Crippen LogP contribution in [-0.2, 0) is 11.8 Å². The monoisotopic (exact) mass is 408 g/mol. The highest BCUT2D eigenvalue weighted by Crippen LogP contribution is 2.21. The van der Waals surface area contributed by atoms with E-state index in [1.165, 1.54) is 12.1 Å². The van der Waals surface area contributed by atoms with Crippen LogP contribution >= 0.6 is 0 Å². The van der Waals surface area contributed by atoms with Gasteiger partial charge in [0.2, 0.25) is 5.91 Å². The number of rotatable bonds is 7. The Kier molecular flexibility index (Phi) is 6.61. The fraction of sp³-hybridized carbons (Fsp3) is 0.261. The second-order valence-corrected chi connectivity index (χ2v) is 7.45. The van der Waals surface area contributed by atoms with Crippen molar-refractivity contribution in [1.82, 2.24) is 20.2 Å². The van der Waals surface area contributed by atoms with E-state index in [0.29, 0.717) is 17.0 Å². The minimum Gasteiger partial charge on any atom is -0.340 e. The molecule has 1 heterocycles. The lowest BCUT2D eigenvalue weighted by atomic mass is 10.0. The van der Waals surface area contributed by atoms with Crippen molar-refractivity contribution in [2.75, 3.05) is 0 Å². The molecular formula is C23H25FN4O2. The third kappa shape index (κ3) is 4.92. The number of imidazole rings is 1. The van der Waals surface area contributed by atoms with E-state index in [1.807, 2.05) is 27.0 Å². The molecule has 30 heavy (non-hydrogen) atoms. The van der Waals surface area contributed by atoms with Crippen LogP contribution < -0.4 is 10.6 Å². The largest absolute Gasteiger partial charge is 0.340 e. The molecule has 1 aromatic heterocycles. The molecule has 0 fully saturated rings. The maximum atomic E-state index is 13.4. The first-order valence-corrected chi connectivity index (χ1v) is 9.75. The molecule has 0 aliphatic rings. The number of aryl methyl sites for hydroxylation is 1. The fourth-order valence-electron chi connectivity index (χ4n) is 3.19. The zero-order valence-electron chi connectivity index (χ0n) is 17.2. The van der Waals surface area contributed by atoms with Crippen molar-refractivity contribution in [3.63, 3.8) is 0 Å². The Balaban J connectivity index is 1.84. The maximum absolute atomic E-state index is 13.4. The van der Waals surface area contributed by atoms with Gasteiger partial charge in [0.25, 0.3) is 5.91 Å². The number of carbonyl (C=O) groups excluding carboxylic acids is 2. The van der Waals surface area contributed by atoms with E-state index in [1.54, 1.807) is 53.4 Å². The van der Waals surface area contributed by atoms with Gasteiger partial charge >= 0.3 is 0 Å². The number of hydrogen-bond donors (Lipinski definition) is 2. The summed E-state index contributed by atoms with van der Waals surface area (Å²) >= 11 is 0. The number of nitrogens with zero attached hydrogens (tertiary/aromatic N) is 2. The van der Waals surface area contributed by atoms with E-state index in [-0.39, 0.29) is 23.5 Å². The predicted molar refractivity (Wildman–Crippen MR) is 112 cm³/mol. The van der Waals surface area contributed by atoms with Gasteiger partial charge in [0, 0.05) is 25.0 Å². The quantitative estimate of drug-likeness (QED) is 0.630. The van der Waals surface area contributed by atoms with Crippen molar-refractivity contribution in [2.45, 2.75) is 25.9 Å². The molecule has 3 aromatic rings. The van der Waals surface area contributed by atoms with Gasteiger partial charge in [-0.2, -0.15) is 0 Å². The summed E-state index contributed by atoms with van der Waals surface area (Å²) in [4.78, 5) is 30.1. The highest BCUT2D eigenvalue weighted by molar-refractivity contribution is 5.97. The molecule has 6 nitrogen and oxygen atoms in total. The van der Waals surface area contributed by atoms with E-state index in [2.05, 4.69) is 15.6 Å². The summed E-state index contributed by atoms with van der Waals surface area (Å²) in [7, 11) is 1.82. The molecule has 0 aliphatic heterocycles. The van der Waals surface area contributed by atoms with Crippen molar-refractivity contribution in [3.05, 3.63) is 89.8 Å². The van der Waals surface area contributed by atoms with Crippen LogP contribution in [0.2, 0.25) is 0 Å². The van der Waals surface area contributed by atoms with Crippen LogP contribution in [0.4, 0.5) is 4.39 Å². The molecule has 0 saturated carbocycles.